The molecule has 2 saturated heterocycles. The summed E-state index contributed by atoms with van der Waals surface area (Å²) in [7, 11) is -3.22. The van der Waals surface area contributed by atoms with Gasteiger partial charge in [0.25, 0.3) is 0 Å². The summed E-state index contributed by atoms with van der Waals surface area (Å²) >= 11 is 0. The van der Waals surface area contributed by atoms with Crippen molar-refractivity contribution in [1.82, 2.24) is 14.6 Å². The van der Waals surface area contributed by atoms with Crippen LogP contribution in [-0.4, -0.2) is 62.3 Å². The molecule has 2 aliphatic heterocycles. The van der Waals surface area contributed by atoms with Crippen LogP contribution in [0.15, 0.2) is 18.3 Å². The van der Waals surface area contributed by atoms with E-state index in [1.165, 1.54) is 0 Å². The van der Waals surface area contributed by atoms with Crippen LogP contribution in [-0.2, 0) is 10.0 Å². The van der Waals surface area contributed by atoms with E-state index in [4.69, 9.17) is 0 Å². The van der Waals surface area contributed by atoms with Crippen molar-refractivity contribution in [3.8, 4) is 0 Å². The van der Waals surface area contributed by atoms with Crippen molar-refractivity contribution >= 4 is 27.6 Å². The third kappa shape index (κ3) is 5.32. The van der Waals surface area contributed by atoms with Gasteiger partial charge < -0.3 is 15.1 Å². The molecule has 0 unspecified atom stereocenters. The summed E-state index contributed by atoms with van der Waals surface area (Å²) in [6.07, 6.45) is 5.89. The van der Waals surface area contributed by atoms with E-state index in [9.17, 15) is 13.2 Å². The number of urea groups is 1. The fraction of sp³-hybridized carbons (Fsp3) is 0.667. The number of amides is 2. The fourth-order valence-corrected chi connectivity index (χ4v) is 5.05. The standard InChI is InChI=1S/C18H29N5O3S/c1-2-14-27(25,26)21-15-7-12-23(13-8-15)18(24)20-16-6-5-9-19-17(16)22-10-3-4-11-22/h5-6,9,15,21H,2-4,7-8,10-14H2,1H3,(H,20,24). The van der Waals surface area contributed by atoms with Crippen LogP contribution in [0.4, 0.5) is 16.3 Å². The first-order valence-electron chi connectivity index (χ1n) is 9.74. The molecule has 0 saturated carbocycles. The third-order valence-corrected chi connectivity index (χ3v) is 6.67. The Morgan fingerprint density at radius 1 is 1.22 bits per heavy atom. The molecule has 3 heterocycles. The first kappa shape index (κ1) is 19.9. The quantitative estimate of drug-likeness (QED) is 0.768. The Morgan fingerprint density at radius 2 is 1.93 bits per heavy atom. The lowest BCUT2D eigenvalue weighted by molar-refractivity contribution is 0.193. The fourth-order valence-electron chi connectivity index (χ4n) is 3.65. The van der Waals surface area contributed by atoms with E-state index in [2.05, 4.69) is 19.9 Å². The van der Waals surface area contributed by atoms with E-state index in [1.54, 1.807) is 11.1 Å². The number of hydrogen-bond acceptors (Lipinski definition) is 5. The van der Waals surface area contributed by atoms with Gasteiger partial charge in [-0.15, -0.1) is 0 Å². The number of hydrogen-bond donors (Lipinski definition) is 2. The predicted molar refractivity (Wildman–Crippen MR) is 107 cm³/mol. The van der Waals surface area contributed by atoms with E-state index in [-0.39, 0.29) is 17.8 Å². The van der Waals surface area contributed by atoms with E-state index < -0.39 is 10.0 Å². The Morgan fingerprint density at radius 3 is 2.59 bits per heavy atom. The van der Waals surface area contributed by atoms with Crippen LogP contribution < -0.4 is 14.9 Å². The molecule has 2 N–H and O–H groups in total. The van der Waals surface area contributed by atoms with Crippen LogP contribution in [0.25, 0.3) is 0 Å². The lowest BCUT2D eigenvalue weighted by Gasteiger charge is -2.32. The monoisotopic (exact) mass is 395 g/mol. The molecular weight excluding hydrogens is 366 g/mol. The van der Waals surface area contributed by atoms with Crippen LogP contribution in [0.1, 0.15) is 39.0 Å². The van der Waals surface area contributed by atoms with Crippen molar-refractivity contribution in [2.75, 3.05) is 42.1 Å². The molecule has 9 heteroatoms. The summed E-state index contributed by atoms with van der Waals surface area (Å²) < 4.78 is 26.6. The van der Waals surface area contributed by atoms with Gasteiger partial charge in [0.05, 0.1) is 11.4 Å². The molecule has 0 atom stereocenters. The Hall–Kier alpha value is -1.87. The van der Waals surface area contributed by atoms with Crippen molar-refractivity contribution in [1.29, 1.82) is 0 Å². The van der Waals surface area contributed by atoms with Crippen LogP contribution in [0.3, 0.4) is 0 Å². The summed E-state index contributed by atoms with van der Waals surface area (Å²) in [5.41, 5.74) is 0.732. The van der Waals surface area contributed by atoms with Crippen molar-refractivity contribution in [2.24, 2.45) is 0 Å². The molecule has 0 bridgehead atoms. The summed E-state index contributed by atoms with van der Waals surface area (Å²) in [6.45, 7) is 4.84. The Labute approximate surface area is 161 Å². The largest absolute Gasteiger partial charge is 0.355 e. The highest BCUT2D eigenvalue weighted by Crippen LogP contribution is 2.26. The molecule has 27 heavy (non-hydrogen) atoms. The van der Waals surface area contributed by atoms with Gasteiger partial charge in [0.1, 0.15) is 0 Å². The third-order valence-electron chi connectivity index (χ3n) is 5.04. The van der Waals surface area contributed by atoms with Crippen molar-refractivity contribution in [2.45, 2.75) is 45.1 Å². The summed E-state index contributed by atoms with van der Waals surface area (Å²) in [5, 5.41) is 2.98. The summed E-state index contributed by atoms with van der Waals surface area (Å²) in [6, 6.07) is 3.45. The maximum Gasteiger partial charge on any atom is 0.321 e. The average molecular weight is 396 g/mol. The molecule has 0 radical (unpaired) electrons. The average Bonchev–Trinajstić information content (AvgIpc) is 3.17. The van der Waals surface area contributed by atoms with Gasteiger partial charge in [-0.3, -0.25) is 0 Å². The highest BCUT2D eigenvalue weighted by molar-refractivity contribution is 7.89. The molecule has 8 nitrogen and oxygen atoms in total. The number of rotatable bonds is 6. The molecule has 2 aliphatic rings. The van der Waals surface area contributed by atoms with Crippen molar-refractivity contribution in [3.05, 3.63) is 18.3 Å². The number of sulfonamides is 1. The van der Waals surface area contributed by atoms with Crippen molar-refractivity contribution < 1.29 is 13.2 Å². The Balaban J connectivity index is 1.55. The lowest BCUT2D eigenvalue weighted by Crippen LogP contribution is -2.48. The van der Waals surface area contributed by atoms with Gasteiger partial charge in [0.2, 0.25) is 10.0 Å². The molecule has 1 aromatic rings. The van der Waals surface area contributed by atoms with Gasteiger partial charge >= 0.3 is 6.03 Å². The normalized spacial score (nSPS) is 18.7. The van der Waals surface area contributed by atoms with Gasteiger partial charge in [0.15, 0.2) is 5.82 Å². The van der Waals surface area contributed by atoms with Gasteiger partial charge in [-0.05, 0) is 44.2 Å². The lowest BCUT2D eigenvalue weighted by atomic mass is 10.1. The topological polar surface area (TPSA) is 94.6 Å². The number of pyridine rings is 1. The highest BCUT2D eigenvalue weighted by atomic mass is 32.2. The maximum absolute atomic E-state index is 12.7. The predicted octanol–water partition coefficient (Wildman–Crippen LogP) is 2.01. The number of likely N-dealkylation sites (tertiary alicyclic amines) is 1. The zero-order valence-electron chi connectivity index (χ0n) is 15.9. The number of piperidine rings is 1. The highest BCUT2D eigenvalue weighted by Gasteiger charge is 2.26. The molecule has 1 aromatic heterocycles. The number of nitrogens with one attached hydrogen (secondary N) is 2. The van der Waals surface area contributed by atoms with E-state index >= 15 is 0 Å². The van der Waals surface area contributed by atoms with E-state index in [0.29, 0.717) is 32.4 Å². The van der Waals surface area contributed by atoms with Gasteiger partial charge in [-0.2, -0.15) is 0 Å². The minimum atomic E-state index is -3.22. The number of carbonyl (C=O) groups is 1. The molecule has 150 valence electrons. The first-order valence-corrected chi connectivity index (χ1v) is 11.4. The van der Waals surface area contributed by atoms with Crippen LogP contribution in [0.5, 0.6) is 0 Å². The van der Waals surface area contributed by atoms with Gasteiger partial charge in [-0.25, -0.2) is 22.9 Å². The van der Waals surface area contributed by atoms with Gasteiger partial charge in [0, 0.05) is 38.4 Å². The minimum Gasteiger partial charge on any atom is -0.355 e. The van der Waals surface area contributed by atoms with Crippen LogP contribution in [0.2, 0.25) is 0 Å². The zero-order valence-corrected chi connectivity index (χ0v) is 16.7. The second-order valence-electron chi connectivity index (χ2n) is 7.20. The molecule has 0 aromatic carbocycles. The smallest absolute Gasteiger partial charge is 0.321 e. The van der Waals surface area contributed by atoms with Crippen molar-refractivity contribution in [3.63, 3.8) is 0 Å². The van der Waals surface area contributed by atoms with E-state index in [1.807, 2.05) is 19.1 Å². The molecule has 0 aliphatic carbocycles. The second kappa shape index (κ2) is 8.88. The molecule has 0 spiro atoms. The number of anilines is 2. The minimum absolute atomic E-state index is 0.0934. The SMILES string of the molecule is CCCS(=O)(=O)NC1CCN(C(=O)Nc2cccnc2N2CCCC2)CC1. The molecule has 2 fully saturated rings. The maximum atomic E-state index is 12.7. The summed E-state index contributed by atoms with van der Waals surface area (Å²) in [4.78, 5) is 21.0. The second-order valence-corrected chi connectivity index (χ2v) is 9.07. The number of nitrogens with zero attached hydrogens (tertiary/aromatic N) is 3. The summed E-state index contributed by atoms with van der Waals surface area (Å²) in [5.74, 6) is 0.971. The van der Waals surface area contributed by atoms with Crippen LogP contribution in [0, 0.1) is 0 Å². The molecular formula is C18H29N5O3S. The first-order chi connectivity index (χ1) is 13.0. The zero-order chi connectivity index (χ0) is 19.3. The Kier molecular flexibility index (Phi) is 6.54. The molecule has 2 amide bonds. The number of carbonyl (C=O) groups excluding carboxylic acids is 1. The Bertz CT molecular complexity index is 741. The van der Waals surface area contributed by atoms with E-state index in [0.717, 1.165) is 37.4 Å². The number of aromatic nitrogens is 1. The molecule has 3 rings (SSSR count). The van der Waals surface area contributed by atoms with Crippen LogP contribution >= 0.6 is 0 Å². The van der Waals surface area contributed by atoms with Gasteiger partial charge in [-0.1, -0.05) is 6.92 Å².